The third-order valence-electron chi connectivity index (χ3n) is 2.67. The third-order valence-corrected chi connectivity index (χ3v) is 2.96. The Morgan fingerprint density at radius 1 is 1.47 bits per heavy atom. The fourth-order valence-electron chi connectivity index (χ4n) is 1.92. The molecular weight excluding hydrogens is 240 g/mol. The third kappa shape index (κ3) is 3.69. The van der Waals surface area contributed by atoms with Gasteiger partial charge in [-0.2, -0.15) is 5.10 Å². The highest BCUT2D eigenvalue weighted by atomic mass is 35.5. The molecule has 0 saturated heterocycles. The second-order valence-corrected chi connectivity index (χ2v) is 5.14. The lowest BCUT2D eigenvalue weighted by molar-refractivity contribution is 0.0958. The molecule has 0 aliphatic rings. The van der Waals surface area contributed by atoms with Gasteiger partial charge in [-0.25, -0.2) is 0 Å². The molecule has 0 radical (unpaired) electrons. The number of halogens is 1. The zero-order valence-electron chi connectivity index (χ0n) is 10.9. The van der Waals surface area contributed by atoms with E-state index < -0.39 is 6.10 Å². The van der Waals surface area contributed by atoms with Crippen molar-refractivity contribution in [3.8, 4) is 0 Å². The zero-order valence-corrected chi connectivity index (χ0v) is 11.6. The number of aliphatic hydroxyl groups excluding tert-OH is 1. The number of hydrogen-bond donors (Lipinski definition) is 1. The largest absolute Gasteiger partial charge is 0.387 e. The van der Waals surface area contributed by atoms with Gasteiger partial charge in [0, 0.05) is 19.8 Å². The number of aromatic nitrogens is 2. The topological polar surface area (TPSA) is 47.3 Å². The minimum absolute atomic E-state index is 0.185. The summed E-state index contributed by atoms with van der Waals surface area (Å²) in [5, 5.41) is 14.9. The first-order valence-electron chi connectivity index (χ1n) is 5.87. The quantitative estimate of drug-likeness (QED) is 0.856. The van der Waals surface area contributed by atoms with Gasteiger partial charge in [0.2, 0.25) is 0 Å². The summed E-state index contributed by atoms with van der Waals surface area (Å²) in [4.78, 5) is 0. The Balaban J connectivity index is 2.80. The fraction of sp³-hybridized carbons (Fsp3) is 0.750. The van der Waals surface area contributed by atoms with E-state index in [-0.39, 0.29) is 12.0 Å². The Labute approximate surface area is 108 Å². The molecule has 0 fully saturated rings. The van der Waals surface area contributed by atoms with Gasteiger partial charge in [-0.1, -0.05) is 18.5 Å². The minimum Gasteiger partial charge on any atom is -0.387 e. The maximum atomic E-state index is 10.2. The molecule has 0 amide bonds. The van der Waals surface area contributed by atoms with Gasteiger partial charge in [0.25, 0.3) is 0 Å². The number of methoxy groups -OCH3 is 1. The van der Waals surface area contributed by atoms with Crippen LogP contribution in [0.4, 0.5) is 0 Å². The predicted molar refractivity (Wildman–Crippen MR) is 68.2 cm³/mol. The van der Waals surface area contributed by atoms with Gasteiger partial charge < -0.3 is 9.84 Å². The van der Waals surface area contributed by atoms with Crippen LogP contribution in [0, 0.1) is 5.92 Å². The summed E-state index contributed by atoms with van der Waals surface area (Å²) in [6.07, 6.45) is 1.60. The van der Waals surface area contributed by atoms with Crippen LogP contribution in [-0.4, -0.2) is 28.6 Å². The van der Waals surface area contributed by atoms with Gasteiger partial charge >= 0.3 is 0 Å². The summed E-state index contributed by atoms with van der Waals surface area (Å²) < 4.78 is 6.83. The normalized spacial score (nSPS) is 15.2. The maximum Gasteiger partial charge on any atom is 0.0975 e. The van der Waals surface area contributed by atoms with Crippen molar-refractivity contribution < 1.29 is 9.84 Å². The second kappa shape index (κ2) is 6.38. The van der Waals surface area contributed by atoms with Crippen LogP contribution in [0.1, 0.15) is 45.0 Å². The molecule has 0 spiro atoms. The molecule has 17 heavy (non-hydrogen) atoms. The molecule has 0 aliphatic heterocycles. The van der Waals surface area contributed by atoms with Crippen molar-refractivity contribution in [3.05, 3.63) is 16.9 Å². The average molecular weight is 261 g/mol. The highest BCUT2D eigenvalue weighted by Crippen LogP contribution is 2.29. The van der Waals surface area contributed by atoms with E-state index in [2.05, 4.69) is 5.10 Å². The van der Waals surface area contributed by atoms with Crippen LogP contribution in [0.3, 0.4) is 0 Å². The van der Waals surface area contributed by atoms with Gasteiger partial charge in [0.05, 0.1) is 23.0 Å². The highest BCUT2D eigenvalue weighted by molar-refractivity contribution is 6.31. The van der Waals surface area contributed by atoms with Crippen molar-refractivity contribution in [1.29, 1.82) is 0 Å². The summed E-state index contributed by atoms with van der Waals surface area (Å²) in [6.45, 7) is 6.69. The lowest BCUT2D eigenvalue weighted by atomic mass is 10.0. The van der Waals surface area contributed by atoms with Gasteiger partial charge in [0.15, 0.2) is 0 Å². The summed E-state index contributed by atoms with van der Waals surface area (Å²) in [5.41, 5.74) is 0.699. The van der Waals surface area contributed by atoms with Crippen LogP contribution in [0.2, 0.25) is 5.02 Å². The number of nitrogens with zero attached hydrogens (tertiary/aromatic N) is 2. The fourth-order valence-corrected chi connectivity index (χ4v) is 2.18. The van der Waals surface area contributed by atoms with Crippen LogP contribution in [0.5, 0.6) is 0 Å². The van der Waals surface area contributed by atoms with E-state index in [1.807, 2.05) is 20.8 Å². The molecule has 1 aromatic rings. The Hall–Kier alpha value is -0.580. The molecule has 1 aromatic heterocycles. The van der Waals surface area contributed by atoms with Crippen molar-refractivity contribution in [2.24, 2.45) is 5.92 Å². The summed E-state index contributed by atoms with van der Waals surface area (Å²) in [7, 11) is 1.66. The van der Waals surface area contributed by atoms with Gasteiger partial charge in [-0.3, -0.25) is 4.68 Å². The van der Waals surface area contributed by atoms with Crippen molar-refractivity contribution in [1.82, 2.24) is 9.78 Å². The average Bonchev–Trinajstić information content (AvgIpc) is 2.60. The molecule has 0 saturated carbocycles. The highest BCUT2D eigenvalue weighted by Gasteiger charge is 2.21. The van der Waals surface area contributed by atoms with Gasteiger partial charge in [-0.15, -0.1) is 0 Å². The predicted octanol–water partition coefficient (Wildman–Crippen LogP) is 2.82. The van der Waals surface area contributed by atoms with E-state index in [1.54, 1.807) is 18.0 Å². The Morgan fingerprint density at radius 3 is 2.65 bits per heavy atom. The number of aliphatic hydroxyl groups is 1. The molecular formula is C12H21ClN2O2. The van der Waals surface area contributed by atoms with Crippen LogP contribution >= 0.6 is 11.6 Å². The lowest BCUT2D eigenvalue weighted by Gasteiger charge is -2.19. The molecule has 5 heteroatoms. The van der Waals surface area contributed by atoms with E-state index in [0.717, 1.165) is 0 Å². The van der Waals surface area contributed by atoms with Crippen molar-refractivity contribution >= 4 is 11.6 Å². The number of hydrogen-bond acceptors (Lipinski definition) is 3. The van der Waals surface area contributed by atoms with Crippen molar-refractivity contribution in [3.63, 3.8) is 0 Å². The van der Waals surface area contributed by atoms with E-state index in [4.69, 9.17) is 16.3 Å². The molecule has 2 unspecified atom stereocenters. The summed E-state index contributed by atoms with van der Waals surface area (Å²) in [5.74, 6) is 0.279. The van der Waals surface area contributed by atoms with Crippen molar-refractivity contribution in [2.45, 2.75) is 39.3 Å². The van der Waals surface area contributed by atoms with E-state index in [9.17, 15) is 5.11 Å². The zero-order chi connectivity index (χ0) is 13.0. The van der Waals surface area contributed by atoms with Gasteiger partial charge in [-0.05, 0) is 26.2 Å². The lowest BCUT2D eigenvalue weighted by Crippen LogP contribution is -2.15. The number of rotatable bonds is 6. The SMILES string of the molecule is COCC(C)CC(O)c1c(Cl)cnn1C(C)C. The molecule has 98 valence electrons. The molecule has 0 aliphatic carbocycles. The molecule has 1 heterocycles. The van der Waals surface area contributed by atoms with Crippen LogP contribution in [-0.2, 0) is 4.74 Å². The first-order valence-corrected chi connectivity index (χ1v) is 6.25. The standard InChI is InChI=1S/C12H21ClN2O2/c1-8(2)15-12(10(13)6-14-15)11(16)5-9(3)7-17-4/h6,8-9,11,16H,5,7H2,1-4H3. The van der Waals surface area contributed by atoms with E-state index in [0.29, 0.717) is 23.7 Å². The maximum absolute atomic E-state index is 10.2. The Morgan fingerprint density at radius 2 is 2.12 bits per heavy atom. The van der Waals surface area contributed by atoms with Crippen LogP contribution in [0.15, 0.2) is 6.20 Å². The smallest absolute Gasteiger partial charge is 0.0975 e. The first-order chi connectivity index (χ1) is 7.97. The van der Waals surface area contributed by atoms with Crippen molar-refractivity contribution in [2.75, 3.05) is 13.7 Å². The molecule has 1 rings (SSSR count). The van der Waals surface area contributed by atoms with Crippen LogP contribution < -0.4 is 0 Å². The van der Waals surface area contributed by atoms with Crippen LogP contribution in [0.25, 0.3) is 0 Å². The molecule has 0 bridgehead atoms. The summed E-state index contributed by atoms with van der Waals surface area (Å²) >= 11 is 6.07. The first kappa shape index (κ1) is 14.5. The summed E-state index contributed by atoms with van der Waals surface area (Å²) in [6, 6.07) is 0.185. The second-order valence-electron chi connectivity index (χ2n) is 4.73. The Bertz CT molecular complexity index is 352. The van der Waals surface area contributed by atoms with Gasteiger partial charge in [0.1, 0.15) is 0 Å². The molecule has 0 aromatic carbocycles. The minimum atomic E-state index is -0.599. The molecule has 2 atom stereocenters. The molecule has 1 N–H and O–H groups in total. The number of ether oxygens (including phenoxy) is 1. The van der Waals surface area contributed by atoms with E-state index >= 15 is 0 Å². The van der Waals surface area contributed by atoms with E-state index in [1.165, 1.54) is 0 Å². The monoisotopic (exact) mass is 260 g/mol. The Kier molecular flexibility index (Phi) is 5.43. The molecule has 4 nitrogen and oxygen atoms in total.